The number of nitrogens with zero attached hydrogens (tertiary/aromatic N) is 3. The first-order valence-corrected chi connectivity index (χ1v) is 21.1. The standard InChI is InChI=1S/C58H35N3O/c1-2-14-37(15-3-1)55-59-56(61-57(60-55)41-17-12-16-40(34-41)42-22-13-27-53-54(42)46-21-7-11-26-52(46)62-53)38-30-28-36(29-31-38)39-32-33-51-47(35-39)45-20-6-10-25-50(45)58(51)48-23-8-4-18-43(48)44-19-5-9-24-49(44)58/h1-35H. The van der Waals surface area contributed by atoms with E-state index in [1.807, 2.05) is 48.5 Å². The van der Waals surface area contributed by atoms with E-state index in [4.69, 9.17) is 19.4 Å². The van der Waals surface area contributed by atoms with Crippen molar-refractivity contribution >= 4 is 21.9 Å². The maximum absolute atomic E-state index is 6.24. The van der Waals surface area contributed by atoms with E-state index in [2.05, 4.69) is 164 Å². The third kappa shape index (κ3) is 5.04. The second kappa shape index (κ2) is 13.4. The van der Waals surface area contributed by atoms with Gasteiger partial charge in [-0.15, -0.1) is 0 Å². The van der Waals surface area contributed by atoms with Gasteiger partial charge in [0.25, 0.3) is 0 Å². The maximum atomic E-state index is 6.24. The number of furan rings is 1. The van der Waals surface area contributed by atoms with Gasteiger partial charge in [0.1, 0.15) is 11.2 Å². The molecule has 0 radical (unpaired) electrons. The van der Waals surface area contributed by atoms with Crippen LogP contribution in [0.15, 0.2) is 217 Å². The molecule has 0 saturated heterocycles. The van der Waals surface area contributed by atoms with Crippen molar-refractivity contribution in [3.05, 3.63) is 235 Å². The van der Waals surface area contributed by atoms with Gasteiger partial charge < -0.3 is 4.42 Å². The predicted molar refractivity (Wildman–Crippen MR) is 251 cm³/mol. The topological polar surface area (TPSA) is 51.8 Å². The van der Waals surface area contributed by atoms with Gasteiger partial charge in [-0.3, -0.25) is 0 Å². The van der Waals surface area contributed by atoms with Crippen LogP contribution in [0.1, 0.15) is 22.3 Å². The van der Waals surface area contributed by atoms with Crippen LogP contribution in [0.4, 0.5) is 0 Å². The fourth-order valence-corrected chi connectivity index (χ4v) is 10.3. The summed E-state index contributed by atoms with van der Waals surface area (Å²) in [6.07, 6.45) is 0. The molecule has 0 saturated carbocycles. The molecule has 0 amide bonds. The van der Waals surface area contributed by atoms with Gasteiger partial charge in [-0.05, 0) is 91.0 Å². The van der Waals surface area contributed by atoms with Crippen molar-refractivity contribution in [3.63, 3.8) is 0 Å². The summed E-state index contributed by atoms with van der Waals surface area (Å²) in [5.41, 5.74) is 19.2. The lowest BCUT2D eigenvalue weighted by atomic mass is 9.70. The Hall–Kier alpha value is -8.21. The maximum Gasteiger partial charge on any atom is 0.164 e. The molecule has 2 aliphatic carbocycles. The average molecular weight is 790 g/mol. The summed E-state index contributed by atoms with van der Waals surface area (Å²) < 4.78 is 6.24. The Morgan fingerprint density at radius 1 is 0.290 bits per heavy atom. The quantitative estimate of drug-likeness (QED) is 0.174. The van der Waals surface area contributed by atoms with E-state index in [0.717, 1.165) is 55.3 Å². The number of benzene rings is 9. The molecule has 0 bridgehead atoms. The summed E-state index contributed by atoms with van der Waals surface area (Å²) in [6, 6.07) is 75.6. The van der Waals surface area contributed by atoms with Crippen LogP contribution < -0.4 is 0 Å². The molecule has 11 aromatic rings. The number of rotatable bonds is 5. The molecule has 4 nitrogen and oxygen atoms in total. The van der Waals surface area contributed by atoms with E-state index in [1.165, 1.54) is 50.1 Å². The van der Waals surface area contributed by atoms with Gasteiger partial charge in [-0.1, -0.05) is 188 Å². The van der Waals surface area contributed by atoms with Gasteiger partial charge in [-0.2, -0.15) is 0 Å². The molecule has 4 heteroatoms. The van der Waals surface area contributed by atoms with E-state index in [9.17, 15) is 0 Å². The lowest BCUT2D eigenvalue weighted by Crippen LogP contribution is -2.25. The van der Waals surface area contributed by atoms with Crippen molar-refractivity contribution in [1.29, 1.82) is 0 Å². The number of hydrogen-bond acceptors (Lipinski definition) is 4. The number of hydrogen-bond donors (Lipinski definition) is 0. The van der Waals surface area contributed by atoms with Crippen LogP contribution in [-0.2, 0) is 5.41 Å². The molecule has 62 heavy (non-hydrogen) atoms. The summed E-state index contributed by atoms with van der Waals surface area (Å²) in [5.74, 6) is 1.87. The minimum Gasteiger partial charge on any atom is -0.456 e. The smallest absolute Gasteiger partial charge is 0.164 e. The van der Waals surface area contributed by atoms with Gasteiger partial charge in [0.2, 0.25) is 0 Å². The molecule has 13 rings (SSSR count). The van der Waals surface area contributed by atoms with Crippen molar-refractivity contribution in [2.75, 3.05) is 0 Å². The van der Waals surface area contributed by atoms with E-state index in [0.29, 0.717) is 17.5 Å². The van der Waals surface area contributed by atoms with E-state index in [-0.39, 0.29) is 5.41 Å². The van der Waals surface area contributed by atoms with Gasteiger partial charge in [-0.25, -0.2) is 15.0 Å². The SMILES string of the molecule is c1ccc(-c2nc(-c3ccc(-c4ccc5c(c4)-c4ccccc4C54c5ccccc5-c5ccccc54)cc3)nc(-c3cccc(-c4cccc5oc6ccccc6c45)c3)n2)cc1. The molecule has 0 fully saturated rings. The molecule has 2 aromatic heterocycles. The number of fused-ring (bicyclic) bond motifs is 13. The Bertz CT molecular complexity index is 3540. The summed E-state index contributed by atoms with van der Waals surface area (Å²) in [7, 11) is 0. The fraction of sp³-hybridized carbons (Fsp3) is 0.0172. The van der Waals surface area contributed by atoms with Gasteiger partial charge >= 0.3 is 0 Å². The highest BCUT2D eigenvalue weighted by atomic mass is 16.3. The largest absolute Gasteiger partial charge is 0.456 e. The second-order valence-corrected chi connectivity index (χ2v) is 16.3. The van der Waals surface area contributed by atoms with Crippen molar-refractivity contribution in [2.24, 2.45) is 0 Å². The minimum atomic E-state index is -0.352. The highest BCUT2D eigenvalue weighted by Gasteiger charge is 2.51. The van der Waals surface area contributed by atoms with Crippen LogP contribution in [0.5, 0.6) is 0 Å². The van der Waals surface area contributed by atoms with Crippen LogP contribution in [-0.4, -0.2) is 15.0 Å². The van der Waals surface area contributed by atoms with E-state index < -0.39 is 0 Å². The number of para-hydroxylation sites is 1. The lowest BCUT2D eigenvalue weighted by Gasteiger charge is -2.30. The van der Waals surface area contributed by atoms with Crippen molar-refractivity contribution in [2.45, 2.75) is 5.41 Å². The Labute approximate surface area is 358 Å². The molecule has 288 valence electrons. The Kier molecular flexibility index (Phi) is 7.49. The molecule has 0 unspecified atom stereocenters. The van der Waals surface area contributed by atoms with E-state index in [1.54, 1.807) is 0 Å². The summed E-state index contributed by atoms with van der Waals surface area (Å²) in [6.45, 7) is 0. The van der Waals surface area contributed by atoms with Crippen molar-refractivity contribution in [3.8, 4) is 78.7 Å². The highest BCUT2D eigenvalue weighted by molar-refractivity contribution is 6.12. The molecule has 0 aliphatic heterocycles. The van der Waals surface area contributed by atoms with Crippen LogP contribution >= 0.6 is 0 Å². The first-order valence-electron chi connectivity index (χ1n) is 21.1. The molecule has 9 aromatic carbocycles. The molecular formula is C58H35N3O. The minimum absolute atomic E-state index is 0.352. The van der Waals surface area contributed by atoms with Crippen molar-refractivity contribution in [1.82, 2.24) is 15.0 Å². The summed E-state index contributed by atoms with van der Waals surface area (Å²) in [5, 5.41) is 2.20. The monoisotopic (exact) mass is 789 g/mol. The molecule has 2 aliphatic rings. The molecular weight excluding hydrogens is 755 g/mol. The van der Waals surface area contributed by atoms with E-state index >= 15 is 0 Å². The Balaban J connectivity index is 0.902. The Morgan fingerprint density at radius 3 is 1.47 bits per heavy atom. The van der Waals surface area contributed by atoms with Gasteiger partial charge in [0.15, 0.2) is 17.5 Å². The number of aromatic nitrogens is 3. The third-order valence-electron chi connectivity index (χ3n) is 13.0. The summed E-state index contributed by atoms with van der Waals surface area (Å²) in [4.78, 5) is 15.3. The molecule has 0 N–H and O–H groups in total. The first-order chi connectivity index (χ1) is 30.7. The molecule has 2 heterocycles. The van der Waals surface area contributed by atoms with Crippen molar-refractivity contribution < 1.29 is 4.42 Å². The third-order valence-corrected chi connectivity index (χ3v) is 13.0. The van der Waals surface area contributed by atoms with Crippen LogP contribution in [0.3, 0.4) is 0 Å². The first kappa shape index (κ1) is 34.6. The zero-order chi connectivity index (χ0) is 40.8. The Morgan fingerprint density at radius 2 is 0.758 bits per heavy atom. The second-order valence-electron chi connectivity index (χ2n) is 16.3. The highest BCUT2D eigenvalue weighted by Crippen LogP contribution is 2.63. The normalized spacial score (nSPS) is 13.0. The zero-order valence-corrected chi connectivity index (χ0v) is 33.5. The van der Waals surface area contributed by atoms with Gasteiger partial charge in [0, 0.05) is 27.5 Å². The van der Waals surface area contributed by atoms with Crippen LogP contribution in [0.25, 0.3) is 101 Å². The average Bonchev–Trinajstić information content (AvgIpc) is 3.98. The lowest BCUT2D eigenvalue weighted by molar-refractivity contribution is 0.669. The van der Waals surface area contributed by atoms with Crippen LogP contribution in [0, 0.1) is 0 Å². The predicted octanol–water partition coefficient (Wildman–Crippen LogP) is 14.4. The summed E-state index contributed by atoms with van der Waals surface area (Å²) >= 11 is 0. The van der Waals surface area contributed by atoms with Crippen LogP contribution in [0.2, 0.25) is 0 Å². The molecule has 0 atom stereocenters. The fourth-order valence-electron chi connectivity index (χ4n) is 10.3. The van der Waals surface area contributed by atoms with Gasteiger partial charge in [0.05, 0.1) is 5.41 Å². The zero-order valence-electron chi connectivity index (χ0n) is 33.5. The molecule has 1 spiro atoms.